The molecule has 2 aromatic carbocycles. The van der Waals surface area contributed by atoms with Crippen LogP contribution in [-0.4, -0.2) is 66.9 Å². The van der Waals surface area contributed by atoms with Crippen LogP contribution in [0.3, 0.4) is 0 Å². The Balaban J connectivity index is 0.00000132. The number of anilines is 1. The molecule has 0 unspecified atom stereocenters. The van der Waals surface area contributed by atoms with E-state index in [2.05, 4.69) is 22.2 Å². The lowest BCUT2D eigenvalue weighted by Gasteiger charge is -2.32. The molecule has 2 amide bonds. The van der Waals surface area contributed by atoms with Crippen molar-refractivity contribution in [2.45, 2.75) is 13.8 Å². The summed E-state index contributed by atoms with van der Waals surface area (Å²) in [7, 11) is 3.67. The molecule has 31 heavy (non-hydrogen) atoms. The highest BCUT2D eigenvalue weighted by atomic mass is 32.1. The monoisotopic (exact) mass is 440 g/mol. The molecule has 1 aromatic heterocycles. The molecule has 3 aromatic rings. The van der Waals surface area contributed by atoms with Crippen molar-refractivity contribution in [1.82, 2.24) is 14.8 Å². The zero-order valence-corrected chi connectivity index (χ0v) is 19.2. The summed E-state index contributed by atoms with van der Waals surface area (Å²) in [5, 5.41) is 3.35. The normalized spacial score (nSPS) is 14.0. The predicted molar refractivity (Wildman–Crippen MR) is 125 cm³/mol. The van der Waals surface area contributed by atoms with Crippen LogP contribution in [0.1, 0.15) is 34.6 Å². The molecule has 0 spiro atoms. The number of hydrogen-bond donors (Lipinski definition) is 1. The molecule has 1 aliphatic rings. The number of carbonyl (C=O) groups is 2. The summed E-state index contributed by atoms with van der Waals surface area (Å²) in [5.41, 5.74) is 1.88. The van der Waals surface area contributed by atoms with Crippen LogP contribution in [-0.2, 0) is 0 Å². The van der Waals surface area contributed by atoms with E-state index in [4.69, 9.17) is 4.74 Å². The Morgan fingerprint density at radius 2 is 1.65 bits per heavy atom. The van der Waals surface area contributed by atoms with Gasteiger partial charge in [0, 0.05) is 37.3 Å². The van der Waals surface area contributed by atoms with Gasteiger partial charge in [-0.05, 0) is 49.5 Å². The molecule has 0 aliphatic carbocycles. The van der Waals surface area contributed by atoms with Gasteiger partial charge in [0.25, 0.3) is 11.8 Å². The second kappa shape index (κ2) is 10.4. The van der Waals surface area contributed by atoms with Gasteiger partial charge < -0.3 is 14.5 Å². The first-order chi connectivity index (χ1) is 15.0. The van der Waals surface area contributed by atoms with Gasteiger partial charge in [0.1, 0.15) is 5.75 Å². The molecule has 1 fully saturated rings. The fourth-order valence-electron chi connectivity index (χ4n) is 3.21. The molecular formula is C23H28N4O3S. The van der Waals surface area contributed by atoms with Crippen molar-refractivity contribution in [3.8, 4) is 5.75 Å². The number of aromatic nitrogens is 1. The molecule has 0 radical (unpaired) electrons. The molecule has 0 atom stereocenters. The van der Waals surface area contributed by atoms with Crippen molar-refractivity contribution in [2.24, 2.45) is 0 Å². The quantitative estimate of drug-likeness (QED) is 0.664. The number of nitrogens with zero attached hydrogens (tertiary/aromatic N) is 3. The molecule has 4 rings (SSSR count). The van der Waals surface area contributed by atoms with Gasteiger partial charge in [-0.2, -0.15) is 0 Å². The second-order valence-corrected chi connectivity index (χ2v) is 8.01. The van der Waals surface area contributed by atoms with Crippen molar-refractivity contribution in [1.29, 1.82) is 0 Å². The van der Waals surface area contributed by atoms with Crippen LogP contribution in [0, 0.1) is 0 Å². The van der Waals surface area contributed by atoms with Crippen molar-refractivity contribution < 1.29 is 14.3 Å². The Hall–Kier alpha value is -2.97. The minimum atomic E-state index is -0.255. The number of carbonyl (C=O) groups excluding carboxylic acids is 2. The number of piperazine rings is 1. The third-order valence-corrected chi connectivity index (χ3v) is 5.93. The van der Waals surface area contributed by atoms with Gasteiger partial charge in [0.05, 0.1) is 17.3 Å². The van der Waals surface area contributed by atoms with Gasteiger partial charge >= 0.3 is 0 Å². The molecule has 1 aliphatic heterocycles. The van der Waals surface area contributed by atoms with Crippen molar-refractivity contribution in [2.75, 3.05) is 45.7 Å². The summed E-state index contributed by atoms with van der Waals surface area (Å²) >= 11 is 1.39. The Labute approximate surface area is 186 Å². The van der Waals surface area contributed by atoms with Crippen LogP contribution in [0.25, 0.3) is 10.2 Å². The molecular weight excluding hydrogens is 412 g/mol. The smallest absolute Gasteiger partial charge is 0.257 e. The maximum Gasteiger partial charge on any atom is 0.257 e. The lowest BCUT2D eigenvalue weighted by atomic mass is 10.1. The van der Waals surface area contributed by atoms with Crippen LogP contribution in [0.5, 0.6) is 5.75 Å². The van der Waals surface area contributed by atoms with E-state index < -0.39 is 0 Å². The predicted octanol–water partition coefficient (Wildman–Crippen LogP) is 3.97. The van der Waals surface area contributed by atoms with Crippen LogP contribution in [0.4, 0.5) is 5.13 Å². The van der Waals surface area contributed by atoms with Crippen molar-refractivity contribution >= 4 is 38.5 Å². The van der Waals surface area contributed by atoms with Gasteiger partial charge in [-0.25, -0.2) is 4.98 Å². The summed E-state index contributed by atoms with van der Waals surface area (Å²) in [6.45, 7) is 7.19. The third kappa shape index (κ3) is 5.39. The highest BCUT2D eigenvalue weighted by molar-refractivity contribution is 7.22. The minimum absolute atomic E-state index is 0.00479. The Morgan fingerprint density at radius 1 is 1.00 bits per heavy atom. The van der Waals surface area contributed by atoms with E-state index in [0.29, 0.717) is 16.3 Å². The number of benzene rings is 2. The van der Waals surface area contributed by atoms with E-state index >= 15 is 0 Å². The van der Waals surface area contributed by atoms with E-state index in [-0.39, 0.29) is 11.8 Å². The molecule has 8 heteroatoms. The van der Waals surface area contributed by atoms with Gasteiger partial charge in [0.2, 0.25) is 0 Å². The zero-order chi connectivity index (χ0) is 22.4. The molecule has 2 heterocycles. The zero-order valence-electron chi connectivity index (χ0n) is 18.3. The van der Waals surface area contributed by atoms with Gasteiger partial charge in [-0.1, -0.05) is 25.2 Å². The highest BCUT2D eigenvalue weighted by Gasteiger charge is 2.20. The lowest BCUT2D eigenvalue weighted by molar-refractivity contribution is 0.0664. The van der Waals surface area contributed by atoms with Crippen LogP contribution >= 0.6 is 11.3 Å². The SMILES string of the molecule is CC.COc1ccc2nc(NC(=O)c3ccc(C(=O)N4CCN(C)CC4)cc3)sc2c1. The van der Waals surface area contributed by atoms with Crippen LogP contribution < -0.4 is 10.1 Å². The number of nitrogens with one attached hydrogen (secondary N) is 1. The number of hydrogen-bond acceptors (Lipinski definition) is 6. The molecule has 1 saturated heterocycles. The van der Waals surface area contributed by atoms with Gasteiger partial charge in [0.15, 0.2) is 5.13 Å². The molecule has 164 valence electrons. The summed E-state index contributed by atoms with van der Waals surface area (Å²) in [5.74, 6) is 0.499. The van der Waals surface area contributed by atoms with Crippen molar-refractivity contribution in [3.05, 3.63) is 53.6 Å². The molecule has 0 saturated carbocycles. The standard InChI is InChI=1S/C21H22N4O3S.C2H6/c1-24-9-11-25(12-10-24)20(27)15-5-3-14(4-6-15)19(26)23-21-22-17-8-7-16(28-2)13-18(17)29-21;1-2/h3-8,13H,9-12H2,1-2H3,(H,22,23,26);1-2H3. The highest BCUT2D eigenvalue weighted by Crippen LogP contribution is 2.29. The first-order valence-electron chi connectivity index (χ1n) is 10.4. The number of amides is 2. The number of methoxy groups -OCH3 is 1. The second-order valence-electron chi connectivity index (χ2n) is 6.98. The Morgan fingerprint density at radius 3 is 2.29 bits per heavy atom. The number of thiazole rings is 1. The lowest BCUT2D eigenvalue weighted by Crippen LogP contribution is -2.47. The van der Waals surface area contributed by atoms with Crippen LogP contribution in [0.15, 0.2) is 42.5 Å². The van der Waals surface area contributed by atoms with E-state index in [1.165, 1.54) is 11.3 Å². The topological polar surface area (TPSA) is 74.8 Å². The fourth-order valence-corrected chi connectivity index (χ4v) is 4.10. The largest absolute Gasteiger partial charge is 0.497 e. The average Bonchev–Trinajstić information content (AvgIpc) is 3.21. The third-order valence-electron chi connectivity index (χ3n) is 5.00. The Bertz CT molecular complexity index is 1040. The summed E-state index contributed by atoms with van der Waals surface area (Å²) < 4.78 is 6.16. The van der Waals surface area contributed by atoms with E-state index in [1.54, 1.807) is 31.4 Å². The van der Waals surface area contributed by atoms with E-state index in [1.807, 2.05) is 36.9 Å². The maximum absolute atomic E-state index is 12.6. The first-order valence-corrected chi connectivity index (χ1v) is 11.2. The number of ether oxygens (including phenoxy) is 1. The summed E-state index contributed by atoms with van der Waals surface area (Å²) in [4.78, 5) is 33.7. The average molecular weight is 441 g/mol. The van der Waals surface area contributed by atoms with E-state index in [0.717, 1.165) is 42.1 Å². The molecule has 0 bridgehead atoms. The Kier molecular flexibility index (Phi) is 7.59. The first kappa shape index (κ1) is 22.7. The number of likely N-dealkylation sites (N-methyl/N-ethyl adjacent to an activating group) is 1. The van der Waals surface area contributed by atoms with Gasteiger partial charge in [-0.3, -0.25) is 14.9 Å². The van der Waals surface area contributed by atoms with Crippen molar-refractivity contribution in [3.63, 3.8) is 0 Å². The number of fused-ring (bicyclic) bond motifs is 1. The molecule has 1 N–H and O–H groups in total. The van der Waals surface area contributed by atoms with Crippen LogP contribution in [0.2, 0.25) is 0 Å². The maximum atomic E-state index is 12.6. The minimum Gasteiger partial charge on any atom is -0.497 e. The number of rotatable bonds is 4. The molecule has 7 nitrogen and oxygen atoms in total. The van der Waals surface area contributed by atoms with E-state index in [9.17, 15) is 9.59 Å². The summed E-state index contributed by atoms with van der Waals surface area (Å²) in [6, 6.07) is 12.4. The fraction of sp³-hybridized carbons (Fsp3) is 0.348. The summed E-state index contributed by atoms with van der Waals surface area (Å²) in [6.07, 6.45) is 0. The van der Waals surface area contributed by atoms with Gasteiger partial charge in [-0.15, -0.1) is 0 Å².